The summed E-state index contributed by atoms with van der Waals surface area (Å²) in [6, 6.07) is -0.829. The number of aliphatic carboxylic acids is 1. The summed E-state index contributed by atoms with van der Waals surface area (Å²) in [6.07, 6.45) is 5.34. The van der Waals surface area contributed by atoms with Gasteiger partial charge in [-0.1, -0.05) is 12.8 Å². The van der Waals surface area contributed by atoms with E-state index in [0.29, 0.717) is 23.6 Å². The van der Waals surface area contributed by atoms with Gasteiger partial charge < -0.3 is 10.4 Å². The van der Waals surface area contributed by atoms with E-state index in [1.165, 1.54) is 12.5 Å². The van der Waals surface area contributed by atoms with Crippen LogP contribution in [0.25, 0.3) is 0 Å². The summed E-state index contributed by atoms with van der Waals surface area (Å²) in [5, 5.41) is 11.6. The Hall–Kier alpha value is -1.98. The van der Waals surface area contributed by atoms with Gasteiger partial charge in [0.05, 0.1) is 11.3 Å². The monoisotopic (exact) mass is 249 g/mol. The zero-order valence-electron chi connectivity index (χ0n) is 10.1. The van der Waals surface area contributed by atoms with Gasteiger partial charge in [0, 0.05) is 6.20 Å². The Labute approximate surface area is 104 Å². The van der Waals surface area contributed by atoms with Gasteiger partial charge in [0.15, 0.2) is 0 Å². The van der Waals surface area contributed by atoms with Crippen molar-refractivity contribution in [2.45, 2.75) is 32.2 Å². The van der Waals surface area contributed by atoms with Gasteiger partial charge >= 0.3 is 5.97 Å². The summed E-state index contributed by atoms with van der Waals surface area (Å²) in [7, 11) is 0. The first-order valence-corrected chi connectivity index (χ1v) is 5.88. The second-order valence-electron chi connectivity index (χ2n) is 4.57. The maximum atomic E-state index is 11.9. The lowest BCUT2D eigenvalue weighted by molar-refractivity contribution is -0.139. The Bertz CT molecular complexity index is 471. The van der Waals surface area contributed by atoms with Crippen molar-refractivity contribution in [2.24, 2.45) is 5.92 Å². The van der Waals surface area contributed by atoms with Crippen molar-refractivity contribution < 1.29 is 14.7 Å². The van der Waals surface area contributed by atoms with Crippen molar-refractivity contribution in [1.82, 2.24) is 15.3 Å². The largest absolute Gasteiger partial charge is 0.480 e. The minimum atomic E-state index is -0.996. The summed E-state index contributed by atoms with van der Waals surface area (Å²) < 4.78 is 0. The highest BCUT2D eigenvalue weighted by molar-refractivity contribution is 5.97. The predicted octanol–water partition coefficient (Wildman–Crippen LogP) is 0.768. The van der Waals surface area contributed by atoms with Gasteiger partial charge in [-0.15, -0.1) is 0 Å². The molecule has 1 saturated carbocycles. The molecule has 0 spiro atoms. The van der Waals surface area contributed by atoms with Gasteiger partial charge in [0.2, 0.25) is 0 Å². The van der Waals surface area contributed by atoms with Crippen molar-refractivity contribution in [3.63, 3.8) is 0 Å². The van der Waals surface area contributed by atoms with Crippen molar-refractivity contribution in [1.29, 1.82) is 0 Å². The van der Waals surface area contributed by atoms with Crippen molar-refractivity contribution in [3.8, 4) is 0 Å². The van der Waals surface area contributed by atoms with Crippen LogP contribution < -0.4 is 5.32 Å². The first-order chi connectivity index (χ1) is 8.58. The third-order valence-corrected chi connectivity index (χ3v) is 3.03. The summed E-state index contributed by atoms with van der Waals surface area (Å²) in [4.78, 5) is 30.7. The zero-order chi connectivity index (χ0) is 13.1. The van der Waals surface area contributed by atoms with Crippen LogP contribution in [0.3, 0.4) is 0 Å². The molecule has 96 valence electrons. The maximum absolute atomic E-state index is 11.9. The van der Waals surface area contributed by atoms with Crippen LogP contribution in [0.5, 0.6) is 0 Å². The molecule has 2 rings (SSSR count). The van der Waals surface area contributed by atoms with Crippen LogP contribution in [0, 0.1) is 12.8 Å². The molecule has 0 aromatic carbocycles. The lowest BCUT2D eigenvalue weighted by Crippen LogP contribution is -2.41. The first-order valence-electron chi connectivity index (χ1n) is 5.88. The first kappa shape index (κ1) is 12.5. The van der Waals surface area contributed by atoms with E-state index in [2.05, 4.69) is 15.3 Å². The summed E-state index contributed by atoms with van der Waals surface area (Å²) in [5.41, 5.74) is 0.859. The molecule has 2 N–H and O–H groups in total. The molecule has 1 unspecified atom stereocenters. The number of nitrogens with zero attached hydrogens (tertiary/aromatic N) is 2. The number of amides is 1. The number of carboxylic acids is 1. The number of hydrogen-bond acceptors (Lipinski definition) is 4. The van der Waals surface area contributed by atoms with Gasteiger partial charge in [0.25, 0.3) is 5.91 Å². The van der Waals surface area contributed by atoms with Gasteiger partial charge in [-0.2, -0.15) is 0 Å². The number of nitrogens with one attached hydrogen (secondary N) is 1. The number of aryl methyl sites for hydroxylation is 1. The molecule has 6 nitrogen and oxygen atoms in total. The van der Waals surface area contributed by atoms with Crippen LogP contribution in [0.2, 0.25) is 0 Å². The van der Waals surface area contributed by atoms with Gasteiger partial charge in [-0.3, -0.25) is 4.79 Å². The molecule has 1 aliphatic rings. The molecular formula is C12H15N3O3. The summed E-state index contributed by atoms with van der Waals surface area (Å²) >= 11 is 0. The Morgan fingerprint density at radius 1 is 1.56 bits per heavy atom. The van der Waals surface area contributed by atoms with Gasteiger partial charge in [-0.25, -0.2) is 14.8 Å². The number of rotatable bonds is 5. The second-order valence-corrected chi connectivity index (χ2v) is 4.57. The molecule has 18 heavy (non-hydrogen) atoms. The predicted molar refractivity (Wildman–Crippen MR) is 63.0 cm³/mol. The molecule has 1 aromatic rings. The van der Waals surface area contributed by atoms with Crippen LogP contribution in [0.15, 0.2) is 12.5 Å². The van der Waals surface area contributed by atoms with Crippen molar-refractivity contribution in [2.75, 3.05) is 0 Å². The Balaban J connectivity index is 2.04. The third-order valence-electron chi connectivity index (χ3n) is 3.03. The molecule has 1 aliphatic carbocycles. The Morgan fingerprint density at radius 3 is 2.83 bits per heavy atom. The molecule has 1 amide bonds. The molecule has 1 atom stereocenters. The lowest BCUT2D eigenvalue weighted by atomic mass is 10.1. The molecule has 6 heteroatoms. The molecule has 0 bridgehead atoms. The van der Waals surface area contributed by atoms with Crippen LogP contribution in [-0.2, 0) is 4.79 Å². The highest BCUT2D eigenvalue weighted by atomic mass is 16.4. The van der Waals surface area contributed by atoms with Crippen LogP contribution in [-0.4, -0.2) is 33.0 Å². The fraction of sp³-hybridized carbons (Fsp3) is 0.500. The molecule has 1 heterocycles. The fourth-order valence-corrected chi connectivity index (χ4v) is 1.76. The third kappa shape index (κ3) is 3.03. The quantitative estimate of drug-likeness (QED) is 0.804. The highest BCUT2D eigenvalue weighted by Crippen LogP contribution is 2.33. The maximum Gasteiger partial charge on any atom is 0.326 e. The topological polar surface area (TPSA) is 92.2 Å². The number of carbonyl (C=O) groups is 2. The highest BCUT2D eigenvalue weighted by Gasteiger charge is 2.30. The molecule has 0 saturated heterocycles. The van der Waals surface area contributed by atoms with E-state index in [0.717, 1.165) is 12.8 Å². The lowest BCUT2D eigenvalue weighted by Gasteiger charge is -2.14. The number of carbonyl (C=O) groups excluding carboxylic acids is 1. The fourth-order valence-electron chi connectivity index (χ4n) is 1.76. The zero-order valence-corrected chi connectivity index (χ0v) is 10.1. The molecule has 0 radical (unpaired) electrons. The Kier molecular flexibility index (Phi) is 3.55. The van der Waals surface area contributed by atoms with Gasteiger partial charge in [0.1, 0.15) is 12.4 Å². The SMILES string of the molecule is Cc1ncncc1C(=O)NC(CC1CC1)C(=O)O. The molecular weight excluding hydrogens is 234 g/mol. The normalized spacial score (nSPS) is 16.1. The molecule has 0 aliphatic heterocycles. The average molecular weight is 249 g/mol. The van der Waals surface area contributed by atoms with E-state index >= 15 is 0 Å². The van der Waals surface area contributed by atoms with Crippen LogP contribution in [0.4, 0.5) is 0 Å². The van der Waals surface area contributed by atoms with Crippen LogP contribution >= 0.6 is 0 Å². The number of carboxylic acid groups (broad SMARTS) is 1. The summed E-state index contributed by atoms with van der Waals surface area (Å²) in [5.74, 6) is -0.995. The van der Waals surface area contributed by atoms with E-state index in [1.54, 1.807) is 6.92 Å². The number of aromatic nitrogens is 2. The van der Waals surface area contributed by atoms with Crippen LogP contribution in [0.1, 0.15) is 35.3 Å². The molecule has 1 aromatic heterocycles. The van der Waals surface area contributed by atoms with Crippen molar-refractivity contribution >= 4 is 11.9 Å². The van der Waals surface area contributed by atoms with E-state index in [-0.39, 0.29) is 0 Å². The van der Waals surface area contributed by atoms with E-state index in [1.807, 2.05) is 0 Å². The Morgan fingerprint density at radius 2 is 2.28 bits per heavy atom. The smallest absolute Gasteiger partial charge is 0.326 e. The minimum absolute atomic E-state index is 0.319. The van der Waals surface area contributed by atoms with E-state index in [4.69, 9.17) is 5.11 Å². The minimum Gasteiger partial charge on any atom is -0.480 e. The van der Waals surface area contributed by atoms with E-state index < -0.39 is 17.9 Å². The average Bonchev–Trinajstić information content (AvgIpc) is 3.12. The standard InChI is InChI=1S/C12H15N3O3/c1-7-9(5-13-6-14-7)11(16)15-10(12(17)18)4-8-2-3-8/h5-6,8,10H,2-4H2,1H3,(H,15,16)(H,17,18). The van der Waals surface area contributed by atoms with Gasteiger partial charge in [-0.05, 0) is 19.3 Å². The second kappa shape index (κ2) is 5.12. The summed E-state index contributed by atoms with van der Waals surface area (Å²) in [6.45, 7) is 1.69. The van der Waals surface area contributed by atoms with Crippen molar-refractivity contribution in [3.05, 3.63) is 23.8 Å². The number of hydrogen-bond donors (Lipinski definition) is 2. The van der Waals surface area contributed by atoms with E-state index in [9.17, 15) is 9.59 Å². The molecule has 1 fully saturated rings.